The van der Waals surface area contributed by atoms with Gasteiger partial charge in [0.25, 0.3) is 0 Å². The molecule has 3 rings (SSSR count). The predicted octanol–water partition coefficient (Wildman–Crippen LogP) is 3.73. The van der Waals surface area contributed by atoms with Crippen molar-refractivity contribution in [2.24, 2.45) is 5.41 Å². The lowest BCUT2D eigenvalue weighted by Gasteiger charge is -2.26. The molecular formula is C17H19NO2. The molecular weight excluding hydrogens is 250 g/mol. The largest absolute Gasteiger partial charge is 0.360 e. The number of aromatic nitrogens is 1. The summed E-state index contributed by atoms with van der Waals surface area (Å²) >= 11 is 0. The van der Waals surface area contributed by atoms with Crippen LogP contribution in [0.5, 0.6) is 0 Å². The van der Waals surface area contributed by atoms with Crippen LogP contribution < -0.4 is 0 Å². The highest BCUT2D eigenvalue weighted by atomic mass is 16.5. The zero-order valence-electron chi connectivity index (χ0n) is 12.2. The van der Waals surface area contributed by atoms with Crippen molar-refractivity contribution >= 4 is 5.78 Å². The van der Waals surface area contributed by atoms with Gasteiger partial charge in [-0.15, -0.1) is 0 Å². The minimum absolute atomic E-state index is 0.0118. The molecule has 0 atom stereocenters. The van der Waals surface area contributed by atoms with Gasteiger partial charge < -0.3 is 4.52 Å². The Labute approximate surface area is 119 Å². The first kappa shape index (κ1) is 13.1. The van der Waals surface area contributed by atoms with Crippen LogP contribution >= 0.6 is 0 Å². The molecule has 104 valence electrons. The Kier molecular flexibility index (Phi) is 3.00. The van der Waals surface area contributed by atoms with E-state index < -0.39 is 0 Å². The van der Waals surface area contributed by atoms with Gasteiger partial charge in [-0.2, -0.15) is 0 Å². The summed E-state index contributed by atoms with van der Waals surface area (Å²) in [7, 11) is 0. The highest BCUT2D eigenvalue weighted by Crippen LogP contribution is 2.36. The molecule has 3 nitrogen and oxygen atoms in total. The van der Waals surface area contributed by atoms with Crippen molar-refractivity contribution in [2.75, 3.05) is 0 Å². The summed E-state index contributed by atoms with van der Waals surface area (Å²) < 4.78 is 5.44. The molecule has 3 heteroatoms. The summed E-state index contributed by atoms with van der Waals surface area (Å²) in [6, 6.07) is 8.29. The average molecular weight is 269 g/mol. The summed E-state index contributed by atoms with van der Waals surface area (Å²) in [6.45, 7) is 6.26. The summed E-state index contributed by atoms with van der Waals surface area (Å²) in [6.07, 6.45) is 2.02. The maximum atomic E-state index is 12.3. The zero-order valence-corrected chi connectivity index (χ0v) is 12.2. The van der Waals surface area contributed by atoms with Gasteiger partial charge in [0.15, 0.2) is 11.5 Å². The van der Waals surface area contributed by atoms with Gasteiger partial charge in [-0.3, -0.25) is 4.79 Å². The number of ketones is 1. The first-order valence-electron chi connectivity index (χ1n) is 7.01. The van der Waals surface area contributed by atoms with Crippen molar-refractivity contribution < 1.29 is 9.32 Å². The Balaban J connectivity index is 1.92. The number of hydrogen-bond acceptors (Lipinski definition) is 3. The number of nitrogens with zero attached hydrogens (tertiary/aromatic N) is 1. The molecule has 0 unspecified atom stereocenters. The molecule has 1 aliphatic rings. The first-order valence-corrected chi connectivity index (χ1v) is 7.01. The SMILES string of the molecule is Cc1ccc(Cc2onc3c2C(=O)CC(C)(C)C3)cc1. The van der Waals surface area contributed by atoms with Crippen LogP contribution in [-0.4, -0.2) is 10.9 Å². The quantitative estimate of drug-likeness (QED) is 0.834. The van der Waals surface area contributed by atoms with Gasteiger partial charge in [-0.1, -0.05) is 48.8 Å². The number of hydrogen-bond donors (Lipinski definition) is 0. The van der Waals surface area contributed by atoms with Crippen LogP contribution in [0.3, 0.4) is 0 Å². The van der Waals surface area contributed by atoms with E-state index in [0.29, 0.717) is 18.6 Å². The van der Waals surface area contributed by atoms with Crippen molar-refractivity contribution in [3.8, 4) is 0 Å². The van der Waals surface area contributed by atoms with Crippen molar-refractivity contribution in [2.45, 2.75) is 40.0 Å². The molecule has 0 saturated heterocycles. The second-order valence-corrected chi connectivity index (χ2v) is 6.53. The summed E-state index contributed by atoms with van der Waals surface area (Å²) in [5.41, 5.74) is 3.92. The Morgan fingerprint density at radius 3 is 2.60 bits per heavy atom. The van der Waals surface area contributed by atoms with E-state index in [1.54, 1.807) is 0 Å². The monoisotopic (exact) mass is 269 g/mol. The Morgan fingerprint density at radius 2 is 1.90 bits per heavy atom. The van der Waals surface area contributed by atoms with Crippen molar-refractivity contribution in [3.05, 3.63) is 52.4 Å². The van der Waals surface area contributed by atoms with E-state index in [1.807, 2.05) is 0 Å². The first-order chi connectivity index (χ1) is 9.44. The lowest BCUT2D eigenvalue weighted by Crippen LogP contribution is -2.27. The van der Waals surface area contributed by atoms with Crippen LogP contribution in [-0.2, 0) is 12.8 Å². The molecule has 1 heterocycles. The Morgan fingerprint density at radius 1 is 1.20 bits per heavy atom. The molecule has 1 aromatic heterocycles. The third kappa shape index (κ3) is 2.40. The number of rotatable bonds is 2. The number of Topliss-reactive ketones (excluding diaryl/α,β-unsaturated/α-hetero) is 1. The van der Waals surface area contributed by atoms with Gasteiger partial charge in [0.1, 0.15) is 0 Å². The standard InChI is InChI=1S/C17H19NO2/c1-11-4-6-12(7-5-11)8-15-16-13(18-20-15)9-17(2,3)10-14(16)19/h4-7H,8-10H2,1-3H3. The van der Waals surface area contributed by atoms with Crippen molar-refractivity contribution in [1.29, 1.82) is 0 Å². The fourth-order valence-electron chi connectivity index (χ4n) is 2.85. The minimum atomic E-state index is -0.0118. The topological polar surface area (TPSA) is 43.1 Å². The van der Waals surface area contributed by atoms with E-state index in [2.05, 4.69) is 50.2 Å². The molecule has 0 bridgehead atoms. The molecule has 0 N–H and O–H groups in total. The smallest absolute Gasteiger partial charge is 0.168 e. The maximum absolute atomic E-state index is 12.3. The summed E-state index contributed by atoms with van der Waals surface area (Å²) in [5, 5.41) is 4.12. The van der Waals surface area contributed by atoms with Crippen LogP contribution in [0.4, 0.5) is 0 Å². The molecule has 0 spiro atoms. The molecule has 0 saturated carbocycles. The molecule has 20 heavy (non-hydrogen) atoms. The van der Waals surface area contributed by atoms with Gasteiger partial charge in [-0.05, 0) is 24.3 Å². The van der Waals surface area contributed by atoms with Gasteiger partial charge in [-0.25, -0.2) is 0 Å². The van der Waals surface area contributed by atoms with Gasteiger partial charge in [0, 0.05) is 12.8 Å². The summed E-state index contributed by atoms with van der Waals surface area (Å²) in [5.74, 6) is 0.879. The lowest BCUT2D eigenvalue weighted by molar-refractivity contribution is 0.0911. The van der Waals surface area contributed by atoms with Crippen molar-refractivity contribution in [1.82, 2.24) is 5.16 Å². The predicted molar refractivity (Wildman–Crippen MR) is 76.9 cm³/mol. The minimum Gasteiger partial charge on any atom is -0.360 e. The van der Waals surface area contributed by atoms with Gasteiger partial charge in [0.2, 0.25) is 0 Å². The summed E-state index contributed by atoms with van der Waals surface area (Å²) in [4.78, 5) is 12.3. The van der Waals surface area contributed by atoms with Crippen LogP contribution in [0.2, 0.25) is 0 Å². The fourth-order valence-corrected chi connectivity index (χ4v) is 2.85. The van der Waals surface area contributed by atoms with Gasteiger partial charge in [0.05, 0.1) is 11.3 Å². The lowest BCUT2D eigenvalue weighted by atomic mass is 9.75. The third-order valence-electron chi connectivity index (χ3n) is 3.88. The number of fused-ring (bicyclic) bond motifs is 1. The highest BCUT2D eigenvalue weighted by Gasteiger charge is 2.35. The molecule has 0 radical (unpaired) electrons. The number of carbonyl (C=O) groups excluding carboxylic acids is 1. The Bertz CT molecular complexity index is 650. The molecule has 2 aromatic rings. The molecule has 0 fully saturated rings. The highest BCUT2D eigenvalue weighted by molar-refractivity contribution is 5.99. The zero-order chi connectivity index (χ0) is 14.3. The van der Waals surface area contributed by atoms with Crippen molar-refractivity contribution in [3.63, 3.8) is 0 Å². The molecule has 0 amide bonds. The average Bonchev–Trinajstić information content (AvgIpc) is 2.73. The number of benzene rings is 1. The number of carbonyl (C=O) groups is 1. The van der Waals surface area contributed by atoms with E-state index in [4.69, 9.17) is 4.52 Å². The van der Waals surface area contributed by atoms with E-state index in [9.17, 15) is 4.79 Å². The van der Waals surface area contributed by atoms with Crippen LogP contribution in [0.15, 0.2) is 28.8 Å². The molecule has 1 aliphatic carbocycles. The van der Waals surface area contributed by atoms with Crippen LogP contribution in [0.1, 0.15) is 53.2 Å². The number of aryl methyl sites for hydroxylation is 1. The van der Waals surface area contributed by atoms with E-state index >= 15 is 0 Å². The van der Waals surface area contributed by atoms with Crippen LogP contribution in [0.25, 0.3) is 0 Å². The van der Waals surface area contributed by atoms with E-state index in [-0.39, 0.29) is 11.2 Å². The van der Waals surface area contributed by atoms with Crippen LogP contribution in [0, 0.1) is 12.3 Å². The second-order valence-electron chi connectivity index (χ2n) is 6.53. The molecule has 1 aromatic carbocycles. The fraction of sp³-hybridized carbons (Fsp3) is 0.412. The molecule has 0 aliphatic heterocycles. The maximum Gasteiger partial charge on any atom is 0.168 e. The van der Waals surface area contributed by atoms with E-state index in [1.165, 1.54) is 5.56 Å². The third-order valence-corrected chi connectivity index (χ3v) is 3.88. The second kappa shape index (κ2) is 4.58. The van der Waals surface area contributed by atoms with Gasteiger partial charge >= 0.3 is 0 Å². The van der Waals surface area contributed by atoms with E-state index in [0.717, 1.165) is 23.2 Å². The normalized spacial score (nSPS) is 17.1. The Hall–Kier alpha value is -1.90.